The average Bonchev–Trinajstić information content (AvgIpc) is 3.20. The van der Waals surface area contributed by atoms with E-state index in [9.17, 15) is 4.79 Å². The summed E-state index contributed by atoms with van der Waals surface area (Å²) in [5.74, 6) is 1.15. The second kappa shape index (κ2) is 7.17. The summed E-state index contributed by atoms with van der Waals surface area (Å²) in [7, 11) is 0. The van der Waals surface area contributed by atoms with Crippen LogP contribution in [0.3, 0.4) is 0 Å². The quantitative estimate of drug-likeness (QED) is 0.875. The molecule has 0 spiro atoms. The molecule has 6 heteroatoms. The van der Waals surface area contributed by atoms with Crippen LogP contribution in [0.4, 0.5) is 0 Å². The number of ether oxygens (including phenoxy) is 1. The van der Waals surface area contributed by atoms with Crippen molar-refractivity contribution in [2.24, 2.45) is 0 Å². The number of amides is 1. The van der Waals surface area contributed by atoms with Gasteiger partial charge in [-0.25, -0.2) is 0 Å². The van der Waals surface area contributed by atoms with Crippen LogP contribution in [0.15, 0.2) is 34.9 Å². The minimum absolute atomic E-state index is 0.0541. The number of aromatic nitrogens is 2. The fourth-order valence-corrected chi connectivity index (χ4v) is 2.43. The topological polar surface area (TPSA) is 77.3 Å². The van der Waals surface area contributed by atoms with Crippen LogP contribution in [-0.2, 0) is 22.4 Å². The van der Waals surface area contributed by atoms with Crippen LogP contribution in [0.25, 0.3) is 0 Å². The van der Waals surface area contributed by atoms with Crippen LogP contribution in [0.1, 0.15) is 30.1 Å². The first-order chi connectivity index (χ1) is 10.8. The second-order valence-electron chi connectivity index (χ2n) is 5.31. The summed E-state index contributed by atoms with van der Waals surface area (Å²) in [6.45, 7) is 1.15. The van der Waals surface area contributed by atoms with Crippen LogP contribution >= 0.6 is 0 Å². The monoisotopic (exact) mass is 301 g/mol. The SMILES string of the molecule is O=C(NCCc1nc(Cc2ccccc2)no1)C1CCCO1. The van der Waals surface area contributed by atoms with Gasteiger partial charge in [0.25, 0.3) is 0 Å². The van der Waals surface area contributed by atoms with Crippen molar-refractivity contribution in [3.8, 4) is 0 Å². The summed E-state index contributed by atoms with van der Waals surface area (Å²) < 4.78 is 10.5. The Hall–Kier alpha value is -2.21. The maximum Gasteiger partial charge on any atom is 0.249 e. The molecule has 1 N–H and O–H groups in total. The van der Waals surface area contributed by atoms with E-state index in [1.54, 1.807) is 0 Å². The van der Waals surface area contributed by atoms with E-state index in [2.05, 4.69) is 15.5 Å². The van der Waals surface area contributed by atoms with Crippen LogP contribution in [-0.4, -0.2) is 35.3 Å². The highest BCUT2D eigenvalue weighted by atomic mass is 16.5. The molecule has 0 aliphatic carbocycles. The lowest BCUT2D eigenvalue weighted by atomic mass is 10.1. The minimum atomic E-state index is -0.295. The largest absolute Gasteiger partial charge is 0.368 e. The molecule has 1 unspecified atom stereocenters. The molecular weight excluding hydrogens is 282 g/mol. The smallest absolute Gasteiger partial charge is 0.249 e. The summed E-state index contributed by atoms with van der Waals surface area (Å²) in [5.41, 5.74) is 1.14. The molecule has 6 nitrogen and oxygen atoms in total. The zero-order valence-corrected chi connectivity index (χ0v) is 12.3. The lowest BCUT2D eigenvalue weighted by Gasteiger charge is -2.08. The maximum absolute atomic E-state index is 11.8. The predicted octanol–water partition coefficient (Wildman–Crippen LogP) is 1.50. The molecule has 1 aromatic carbocycles. The molecule has 3 rings (SSSR count). The van der Waals surface area contributed by atoms with Crippen molar-refractivity contribution in [1.82, 2.24) is 15.5 Å². The summed E-state index contributed by atoms with van der Waals surface area (Å²) >= 11 is 0. The van der Waals surface area contributed by atoms with Gasteiger partial charge >= 0.3 is 0 Å². The molecule has 1 aromatic heterocycles. The van der Waals surface area contributed by atoms with Gasteiger partial charge in [-0.15, -0.1) is 0 Å². The Morgan fingerprint density at radius 3 is 2.95 bits per heavy atom. The van der Waals surface area contributed by atoms with Crippen LogP contribution in [0.2, 0.25) is 0 Å². The van der Waals surface area contributed by atoms with E-state index in [4.69, 9.17) is 9.26 Å². The van der Waals surface area contributed by atoms with E-state index in [1.807, 2.05) is 30.3 Å². The summed E-state index contributed by atoms with van der Waals surface area (Å²) in [6.07, 6.45) is 2.63. The normalized spacial score (nSPS) is 17.5. The third-order valence-electron chi connectivity index (χ3n) is 3.58. The number of hydrogen-bond acceptors (Lipinski definition) is 5. The molecule has 1 amide bonds. The Kier molecular flexibility index (Phi) is 4.80. The van der Waals surface area contributed by atoms with Gasteiger partial charge in [-0.1, -0.05) is 35.5 Å². The Morgan fingerprint density at radius 2 is 2.18 bits per heavy atom. The summed E-state index contributed by atoms with van der Waals surface area (Å²) in [5, 5.41) is 6.80. The first-order valence-electron chi connectivity index (χ1n) is 7.56. The van der Waals surface area contributed by atoms with Crippen molar-refractivity contribution in [2.75, 3.05) is 13.2 Å². The number of hydrogen-bond donors (Lipinski definition) is 1. The molecule has 22 heavy (non-hydrogen) atoms. The molecule has 116 valence electrons. The molecule has 1 aliphatic heterocycles. The van der Waals surface area contributed by atoms with Gasteiger partial charge in [-0.05, 0) is 18.4 Å². The summed E-state index contributed by atoms with van der Waals surface area (Å²) in [6, 6.07) is 9.99. The number of nitrogens with one attached hydrogen (secondary N) is 1. The highest BCUT2D eigenvalue weighted by Crippen LogP contribution is 2.11. The van der Waals surface area contributed by atoms with Crippen molar-refractivity contribution >= 4 is 5.91 Å². The molecule has 1 atom stereocenters. The number of benzene rings is 1. The van der Waals surface area contributed by atoms with E-state index >= 15 is 0 Å². The van der Waals surface area contributed by atoms with Gasteiger partial charge in [-0.2, -0.15) is 4.98 Å². The van der Waals surface area contributed by atoms with Crippen molar-refractivity contribution in [1.29, 1.82) is 0 Å². The predicted molar refractivity (Wildman–Crippen MR) is 79.2 cm³/mol. The Bertz CT molecular complexity index is 606. The standard InChI is InChI=1S/C16H19N3O3/c20-16(13-7-4-10-21-13)17-9-8-15-18-14(19-22-15)11-12-5-2-1-3-6-12/h1-3,5-6,13H,4,7-11H2,(H,17,20). The van der Waals surface area contributed by atoms with Crippen molar-refractivity contribution < 1.29 is 14.1 Å². The molecule has 0 radical (unpaired) electrons. The summed E-state index contributed by atoms with van der Waals surface area (Å²) in [4.78, 5) is 16.1. The van der Waals surface area contributed by atoms with Gasteiger partial charge in [0.1, 0.15) is 6.10 Å². The molecule has 0 saturated carbocycles. The van der Waals surface area contributed by atoms with Gasteiger partial charge in [0, 0.05) is 26.0 Å². The van der Waals surface area contributed by atoms with Crippen LogP contribution in [0.5, 0.6) is 0 Å². The minimum Gasteiger partial charge on any atom is -0.368 e. The fraction of sp³-hybridized carbons (Fsp3) is 0.438. The third kappa shape index (κ3) is 3.92. The highest BCUT2D eigenvalue weighted by molar-refractivity contribution is 5.80. The van der Waals surface area contributed by atoms with Crippen molar-refractivity contribution in [3.05, 3.63) is 47.6 Å². The van der Waals surface area contributed by atoms with Gasteiger partial charge in [0.05, 0.1) is 0 Å². The van der Waals surface area contributed by atoms with Crippen LogP contribution < -0.4 is 5.32 Å². The number of nitrogens with zero attached hydrogens (tertiary/aromatic N) is 2. The molecular formula is C16H19N3O3. The second-order valence-corrected chi connectivity index (χ2v) is 5.31. The van der Waals surface area contributed by atoms with Gasteiger partial charge < -0.3 is 14.6 Å². The first-order valence-corrected chi connectivity index (χ1v) is 7.56. The van der Waals surface area contributed by atoms with E-state index in [-0.39, 0.29) is 12.0 Å². The first kappa shape index (κ1) is 14.7. The number of rotatable bonds is 6. The fourth-order valence-electron chi connectivity index (χ4n) is 2.43. The third-order valence-corrected chi connectivity index (χ3v) is 3.58. The molecule has 1 aliphatic rings. The van der Waals surface area contributed by atoms with Crippen LogP contribution in [0, 0.1) is 0 Å². The molecule has 2 aromatic rings. The Morgan fingerprint density at radius 1 is 1.32 bits per heavy atom. The number of carbonyl (C=O) groups is 1. The zero-order chi connectivity index (χ0) is 15.2. The Labute approximate surface area is 128 Å². The van der Waals surface area contributed by atoms with Gasteiger partial charge in [-0.3, -0.25) is 4.79 Å². The van der Waals surface area contributed by atoms with E-state index in [0.29, 0.717) is 37.7 Å². The molecule has 0 bridgehead atoms. The van der Waals surface area contributed by atoms with Crippen molar-refractivity contribution in [3.63, 3.8) is 0 Å². The van der Waals surface area contributed by atoms with E-state index in [1.165, 1.54) is 0 Å². The molecule has 2 heterocycles. The Balaban J connectivity index is 1.44. The van der Waals surface area contributed by atoms with Gasteiger partial charge in [0.2, 0.25) is 11.8 Å². The molecule has 1 saturated heterocycles. The van der Waals surface area contributed by atoms with E-state index < -0.39 is 0 Å². The lowest BCUT2D eigenvalue weighted by molar-refractivity contribution is -0.130. The highest BCUT2D eigenvalue weighted by Gasteiger charge is 2.23. The van der Waals surface area contributed by atoms with Crippen molar-refractivity contribution in [2.45, 2.75) is 31.8 Å². The zero-order valence-electron chi connectivity index (χ0n) is 12.3. The molecule has 1 fully saturated rings. The van der Waals surface area contributed by atoms with E-state index in [0.717, 1.165) is 18.4 Å². The lowest BCUT2D eigenvalue weighted by Crippen LogP contribution is -2.35. The maximum atomic E-state index is 11.8. The average molecular weight is 301 g/mol. The number of carbonyl (C=O) groups excluding carboxylic acids is 1. The van der Waals surface area contributed by atoms with Gasteiger partial charge in [0.15, 0.2) is 5.82 Å².